The number of rotatable bonds is 8. The first-order valence-corrected chi connectivity index (χ1v) is 11.9. The Bertz CT molecular complexity index is 1160. The van der Waals surface area contributed by atoms with Crippen LogP contribution in [0.4, 0.5) is 16.2 Å². The van der Waals surface area contributed by atoms with Crippen molar-refractivity contribution in [1.29, 1.82) is 0 Å². The van der Waals surface area contributed by atoms with E-state index >= 15 is 0 Å². The Balaban J connectivity index is 1.44. The van der Waals surface area contributed by atoms with Gasteiger partial charge in [-0.15, -0.1) is 0 Å². The quantitative estimate of drug-likeness (QED) is 0.228. The molecule has 1 aromatic heterocycles. The van der Waals surface area contributed by atoms with Gasteiger partial charge in [0.15, 0.2) is 23.1 Å². The van der Waals surface area contributed by atoms with Crippen LogP contribution in [-0.2, 0) is 11.3 Å². The van der Waals surface area contributed by atoms with Crippen molar-refractivity contribution in [1.82, 2.24) is 9.97 Å². The molecule has 0 unspecified atom stereocenters. The number of ether oxygens (including phenoxy) is 3. The summed E-state index contributed by atoms with van der Waals surface area (Å²) in [5.74, 6) is 1.16. The summed E-state index contributed by atoms with van der Waals surface area (Å²) in [5, 5.41) is 4.88. The highest BCUT2D eigenvalue weighted by Gasteiger charge is 2.18. The predicted octanol–water partition coefficient (Wildman–Crippen LogP) is 4.74. The molecule has 8 nitrogen and oxygen atoms in total. The number of hydrazone groups is 1. The molecular formula is C23H22ClFIN5O3. The zero-order valence-corrected chi connectivity index (χ0v) is 21.2. The zero-order valence-electron chi connectivity index (χ0n) is 18.3. The molecule has 1 aliphatic rings. The van der Waals surface area contributed by atoms with E-state index in [-0.39, 0.29) is 11.8 Å². The van der Waals surface area contributed by atoms with E-state index in [1.165, 1.54) is 0 Å². The molecule has 0 aliphatic carbocycles. The number of hydrogen-bond acceptors (Lipinski definition) is 8. The summed E-state index contributed by atoms with van der Waals surface area (Å²) in [7, 11) is 1.58. The van der Waals surface area contributed by atoms with Crippen molar-refractivity contribution in [2.45, 2.75) is 6.61 Å². The topological polar surface area (TPSA) is 81.1 Å². The number of methoxy groups -OCH3 is 1. The molecule has 2 aromatic carbocycles. The fourth-order valence-corrected chi connectivity index (χ4v) is 4.17. The Hall–Kier alpha value is -2.70. The lowest BCUT2D eigenvalue weighted by molar-refractivity contribution is 0.122. The first-order valence-electron chi connectivity index (χ1n) is 10.4. The number of halogens is 3. The van der Waals surface area contributed by atoms with E-state index in [0.717, 1.165) is 20.9 Å². The zero-order chi connectivity index (χ0) is 23.9. The standard InChI is InChI=1S/C23H22ClFIN5O3/c1-32-20-11-16(10-19(26)21(20)34-14-15-2-4-17(24)5-3-15)12-28-30-23-27-13-18(25)22(29-23)31-6-8-33-9-7-31/h2-5,10-13H,6-9,14H2,1H3,(H,27,29,30)/b28-12-. The maximum Gasteiger partial charge on any atom is 0.245 e. The minimum atomic E-state index is -0.482. The van der Waals surface area contributed by atoms with Gasteiger partial charge in [-0.25, -0.2) is 14.8 Å². The number of anilines is 2. The van der Waals surface area contributed by atoms with Crippen LogP contribution in [0.15, 0.2) is 47.7 Å². The highest BCUT2D eigenvalue weighted by Crippen LogP contribution is 2.34. The average molecular weight is 598 g/mol. The molecule has 1 aliphatic heterocycles. The van der Waals surface area contributed by atoms with Crippen molar-refractivity contribution < 1.29 is 18.6 Å². The summed E-state index contributed by atoms with van der Waals surface area (Å²) >= 11 is 8.13. The molecule has 0 bridgehead atoms. The molecule has 1 N–H and O–H groups in total. The van der Waals surface area contributed by atoms with Gasteiger partial charge in [0, 0.05) is 18.1 Å². The van der Waals surface area contributed by atoms with E-state index in [2.05, 4.69) is 43.1 Å². The van der Waals surface area contributed by atoms with Crippen LogP contribution in [0.1, 0.15) is 11.1 Å². The smallest absolute Gasteiger partial charge is 0.245 e. The lowest BCUT2D eigenvalue weighted by atomic mass is 10.2. The number of morpholine rings is 1. The second kappa shape index (κ2) is 11.6. The fourth-order valence-electron chi connectivity index (χ4n) is 3.26. The van der Waals surface area contributed by atoms with E-state index in [4.69, 9.17) is 25.8 Å². The van der Waals surface area contributed by atoms with Gasteiger partial charge in [0.1, 0.15) is 6.61 Å². The fraction of sp³-hybridized carbons (Fsp3) is 0.261. The van der Waals surface area contributed by atoms with Crippen molar-refractivity contribution in [2.75, 3.05) is 43.7 Å². The Labute approximate surface area is 215 Å². The van der Waals surface area contributed by atoms with Crippen LogP contribution in [-0.4, -0.2) is 49.6 Å². The monoisotopic (exact) mass is 597 g/mol. The molecule has 2 heterocycles. The molecular weight excluding hydrogens is 576 g/mol. The number of nitrogens with one attached hydrogen (secondary N) is 1. The van der Waals surface area contributed by atoms with Gasteiger partial charge in [-0.05, 0) is 58.0 Å². The Kier molecular flexibility index (Phi) is 8.35. The van der Waals surface area contributed by atoms with Crippen LogP contribution in [0, 0.1) is 9.39 Å². The van der Waals surface area contributed by atoms with Crippen LogP contribution < -0.4 is 19.8 Å². The highest BCUT2D eigenvalue weighted by atomic mass is 127. The molecule has 0 amide bonds. The maximum absolute atomic E-state index is 14.2. The van der Waals surface area contributed by atoms with Crippen LogP contribution in [0.25, 0.3) is 0 Å². The molecule has 11 heteroatoms. The minimum Gasteiger partial charge on any atom is -0.493 e. The van der Waals surface area contributed by atoms with Crippen molar-refractivity contribution >= 4 is 52.2 Å². The van der Waals surface area contributed by atoms with Crippen molar-refractivity contribution in [3.8, 4) is 11.5 Å². The van der Waals surface area contributed by atoms with Crippen molar-refractivity contribution in [2.24, 2.45) is 5.10 Å². The average Bonchev–Trinajstić information content (AvgIpc) is 2.85. The highest BCUT2D eigenvalue weighted by molar-refractivity contribution is 14.1. The van der Waals surface area contributed by atoms with Crippen LogP contribution in [0.3, 0.4) is 0 Å². The molecule has 178 valence electrons. The number of nitrogens with zero attached hydrogens (tertiary/aromatic N) is 4. The Morgan fingerprint density at radius 3 is 2.76 bits per heavy atom. The molecule has 0 atom stereocenters. The van der Waals surface area contributed by atoms with Crippen LogP contribution in [0.2, 0.25) is 5.02 Å². The summed E-state index contributed by atoms with van der Waals surface area (Å²) in [4.78, 5) is 10.0. The van der Waals surface area contributed by atoms with Gasteiger partial charge in [0.2, 0.25) is 5.95 Å². The maximum atomic E-state index is 14.2. The van der Waals surface area contributed by atoms with E-state index in [0.29, 0.717) is 49.4 Å². The first kappa shape index (κ1) is 24.4. The normalized spacial score (nSPS) is 13.8. The third-order valence-corrected chi connectivity index (χ3v) is 6.02. The van der Waals surface area contributed by atoms with Gasteiger partial charge < -0.3 is 19.1 Å². The molecule has 1 saturated heterocycles. The lowest BCUT2D eigenvalue weighted by Gasteiger charge is -2.27. The van der Waals surface area contributed by atoms with Gasteiger partial charge in [-0.1, -0.05) is 23.7 Å². The molecule has 34 heavy (non-hydrogen) atoms. The first-order chi connectivity index (χ1) is 16.5. The largest absolute Gasteiger partial charge is 0.493 e. The van der Waals surface area contributed by atoms with E-state index < -0.39 is 5.82 Å². The minimum absolute atomic E-state index is 0.198. The summed E-state index contributed by atoms with van der Waals surface area (Å²) in [5.41, 5.74) is 4.53. The molecule has 1 fully saturated rings. The molecule has 4 rings (SSSR count). The second-order valence-corrected chi connectivity index (χ2v) is 8.88. The molecule has 0 saturated carbocycles. The number of hydrogen-bond donors (Lipinski definition) is 1. The molecule has 0 spiro atoms. The van der Waals surface area contributed by atoms with Gasteiger partial charge in [-0.3, -0.25) is 0 Å². The third kappa shape index (κ3) is 6.24. The van der Waals surface area contributed by atoms with Crippen LogP contribution >= 0.6 is 34.2 Å². The molecule has 0 radical (unpaired) electrons. The Morgan fingerprint density at radius 2 is 2.03 bits per heavy atom. The lowest BCUT2D eigenvalue weighted by Crippen LogP contribution is -2.37. The SMILES string of the molecule is COc1cc(/C=N\Nc2ncc(F)c(N3CCOCC3)n2)cc(I)c1OCc1ccc(Cl)cc1. The predicted molar refractivity (Wildman–Crippen MR) is 138 cm³/mol. The summed E-state index contributed by atoms with van der Waals surface area (Å²) in [6, 6.07) is 11.2. The van der Waals surface area contributed by atoms with E-state index in [1.807, 2.05) is 41.3 Å². The third-order valence-electron chi connectivity index (χ3n) is 4.96. The van der Waals surface area contributed by atoms with E-state index in [9.17, 15) is 4.39 Å². The van der Waals surface area contributed by atoms with Gasteiger partial charge in [0.25, 0.3) is 0 Å². The number of benzene rings is 2. The van der Waals surface area contributed by atoms with Crippen molar-refractivity contribution in [3.63, 3.8) is 0 Å². The summed E-state index contributed by atoms with van der Waals surface area (Å²) < 4.78 is 31.9. The van der Waals surface area contributed by atoms with Gasteiger partial charge in [0.05, 0.1) is 36.3 Å². The van der Waals surface area contributed by atoms with Crippen molar-refractivity contribution in [3.05, 3.63) is 68.1 Å². The van der Waals surface area contributed by atoms with Crippen LogP contribution in [0.5, 0.6) is 11.5 Å². The summed E-state index contributed by atoms with van der Waals surface area (Å²) in [6.45, 7) is 2.59. The summed E-state index contributed by atoms with van der Waals surface area (Å²) in [6.07, 6.45) is 2.74. The number of aromatic nitrogens is 2. The molecule has 3 aromatic rings. The van der Waals surface area contributed by atoms with Gasteiger partial charge >= 0.3 is 0 Å². The van der Waals surface area contributed by atoms with Gasteiger partial charge in [-0.2, -0.15) is 10.1 Å². The Morgan fingerprint density at radius 1 is 1.26 bits per heavy atom. The van der Waals surface area contributed by atoms with E-state index in [1.54, 1.807) is 13.3 Å². The second-order valence-electron chi connectivity index (χ2n) is 7.28.